The third-order valence-corrected chi connectivity index (χ3v) is 3.72. The third-order valence-electron chi connectivity index (χ3n) is 3.72. The van der Waals surface area contributed by atoms with E-state index in [-0.39, 0.29) is 11.6 Å². The van der Waals surface area contributed by atoms with Crippen LogP contribution in [0, 0.1) is 0 Å². The van der Waals surface area contributed by atoms with Crippen LogP contribution in [0.5, 0.6) is 0 Å². The Bertz CT molecular complexity index is 719. The van der Waals surface area contributed by atoms with Crippen molar-refractivity contribution < 1.29 is 22.6 Å². The predicted octanol–water partition coefficient (Wildman–Crippen LogP) is 3.12. The van der Waals surface area contributed by atoms with Gasteiger partial charge >= 0.3 is 6.18 Å². The van der Waals surface area contributed by atoms with E-state index in [1.165, 1.54) is 12.4 Å². The van der Waals surface area contributed by atoms with Crippen LogP contribution in [0.2, 0.25) is 0 Å². The highest BCUT2D eigenvalue weighted by Crippen LogP contribution is 2.31. The van der Waals surface area contributed by atoms with Crippen molar-refractivity contribution in [2.24, 2.45) is 0 Å². The molecule has 25 heavy (non-hydrogen) atoms. The molecule has 3 heterocycles. The number of rotatable bonds is 5. The number of nitrogens with zero attached hydrogens (tertiary/aromatic N) is 3. The van der Waals surface area contributed by atoms with Gasteiger partial charge in [-0.25, -0.2) is 9.97 Å². The van der Waals surface area contributed by atoms with E-state index in [9.17, 15) is 13.2 Å². The molecule has 0 aliphatic carbocycles. The van der Waals surface area contributed by atoms with Crippen LogP contribution in [-0.2, 0) is 15.7 Å². The Kier molecular flexibility index (Phi) is 4.87. The molecule has 9 heteroatoms. The second kappa shape index (κ2) is 6.93. The Labute approximate surface area is 142 Å². The number of pyridine rings is 1. The number of ether oxygens (including phenoxy) is 2. The van der Waals surface area contributed by atoms with Crippen LogP contribution in [0.1, 0.15) is 19.0 Å². The van der Waals surface area contributed by atoms with Gasteiger partial charge in [0.2, 0.25) is 0 Å². The molecular weight excluding hydrogens is 337 g/mol. The Morgan fingerprint density at radius 2 is 2.00 bits per heavy atom. The van der Waals surface area contributed by atoms with Gasteiger partial charge in [-0.1, -0.05) is 0 Å². The zero-order chi connectivity index (χ0) is 17.9. The molecule has 0 bridgehead atoms. The summed E-state index contributed by atoms with van der Waals surface area (Å²) < 4.78 is 50.3. The summed E-state index contributed by atoms with van der Waals surface area (Å²) in [6, 6.07) is 4.10. The number of alkyl halides is 3. The van der Waals surface area contributed by atoms with Crippen LogP contribution >= 0.6 is 0 Å². The highest BCUT2D eigenvalue weighted by molar-refractivity contribution is 5.56. The van der Waals surface area contributed by atoms with Crippen molar-refractivity contribution in [3.8, 4) is 11.4 Å². The second-order valence-corrected chi connectivity index (χ2v) is 5.71. The number of nitrogens with one attached hydrogen (secondary N) is 1. The van der Waals surface area contributed by atoms with E-state index >= 15 is 0 Å². The summed E-state index contributed by atoms with van der Waals surface area (Å²) in [6.45, 7) is 3.15. The molecule has 2 aromatic heterocycles. The standard InChI is InChI=1S/C16H17F3N4O2/c1-15(24-7-8-25-15)4-6-21-13-9-12(16(17,18)19)22-14(23-13)11-3-2-5-20-10-11/h2-3,5,9-10H,4,6-8H2,1H3,(H,21,22,23). The molecule has 1 fully saturated rings. The Morgan fingerprint density at radius 1 is 1.24 bits per heavy atom. The monoisotopic (exact) mass is 354 g/mol. The fraction of sp³-hybridized carbons (Fsp3) is 0.438. The maximum atomic E-state index is 13.1. The maximum absolute atomic E-state index is 13.1. The van der Waals surface area contributed by atoms with Gasteiger partial charge in [-0.15, -0.1) is 0 Å². The SMILES string of the molecule is CC1(CCNc2cc(C(F)(F)F)nc(-c3cccnc3)n2)OCCO1. The molecule has 0 aromatic carbocycles. The number of hydrogen-bond acceptors (Lipinski definition) is 6. The van der Waals surface area contributed by atoms with Crippen molar-refractivity contribution in [2.75, 3.05) is 25.1 Å². The molecule has 1 aliphatic rings. The van der Waals surface area contributed by atoms with Crippen LogP contribution in [0.25, 0.3) is 11.4 Å². The minimum Gasteiger partial charge on any atom is -0.370 e. The average molecular weight is 354 g/mol. The topological polar surface area (TPSA) is 69.2 Å². The largest absolute Gasteiger partial charge is 0.433 e. The van der Waals surface area contributed by atoms with Crippen LogP contribution in [-0.4, -0.2) is 40.5 Å². The van der Waals surface area contributed by atoms with E-state index in [0.29, 0.717) is 31.7 Å². The number of anilines is 1. The molecule has 6 nitrogen and oxygen atoms in total. The second-order valence-electron chi connectivity index (χ2n) is 5.71. The first kappa shape index (κ1) is 17.6. The van der Waals surface area contributed by atoms with Gasteiger partial charge in [0, 0.05) is 37.0 Å². The van der Waals surface area contributed by atoms with Crippen molar-refractivity contribution in [1.82, 2.24) is 15.0 Å². The van der Waals surface area contributed by atoms with Gasteiger partial charge in [0.25, 0.3) is 0 Å². The third kappa shape index (κ3) is 4.43. The zero-order valence-electron chi connectivity index (χ0n) is 13.5. The lowest BCUT2D eigenvalue weighted by atomic mass is 10.2. The molecule has 0 spiro atoms. The molecule has 2 aromatic rings. The molecule has 1 aliphatic heterocycles. The van der Waals surface area contributed by atoms with Gasteiger partial charge in [-0.2, -0.15) is 13.2 Å². The molecule has 3 rings (SSSR count). The summed E-state index contributed by atoms with van der Waals surface area (Å²) in [6.07, 6.45) is -1.15. The molecule has 1 N–H and O–H groups in total. The minimum absolute atomic E-state index is 0.0370. The maximum Gasteiger partial charge on any atom is 0.433 e. The fourth-order valence-electron chi connectivity index (χ4n) is 2.43. The molecule has 0 saturated carbocycles. The summed E-state index contributed by atoms with van der Waals surface area (Å²) in [5.41, 5.74) is -0.602. The van der Waals surface area contributed by atoms with Gasteiger partial charge in [-0.05, 0) is 19.1 Å². The molecule has 0 unspecified atom stereocenters. The summed E-state index contributed by atoms with van der Waals surface area (Å²) in [5.74, 6) is -0.674. The van der Waals surface area contributed by atoms with E-state index in [1.54, 1.807) is 19.1 Å². The van der Waals surface area contributed by atoms with Crippen molar-refractivity contribution in [3.63, 3.8) is 0 Å². The van der Waals surface area contributed by atoms with Gasteiger partial charge in [0.05, 0.1) is 13.2 Å². The van der Waals surface area contributed by atoms with Gasteiger partial charge < -0.3 is 14.8 Å². The van der Waals surface area contributed by atoms with Gasteiger partial charge in [-0.3, -0.25) is 4.98 Å². The molecule has 0 amide bonds. The minimum atomic E-state index is -4.57. The summed E-state index contributed by atoms with van der Waals surface area (Å²) in [5, 5.41) is 2.89. The first-order valence-corrected chi connectivity index (χ1v) is 7.74. The smallest absolute Gasteiger partial charge is 0.370 e. The predicted molar refractivity (Wildman–Crippen MR) is 83.7 cm³/mol. The number of halogens is 3. The molecule has 1 saturated heterocycles. The Balaban J connectivity index is 1.80. The van der Waals surface area contributed by atoms with Crippen LogP contribution in [0.3, 0.4) is 0 Å². The van der Waals surface area contributed by atoms with E-state index < -0.39 is 17.7 Å². The lowest BCUT2D eigenvalue weighted by Gasteiger charge is -2.22. The average Bonchev–Trinajstić information content (AvgIpc) is 3.01. The van der Waals surface area contributed by atoms with E-state index in [1.807, 2.05) is 0 Å². The Hall–Kier alpha value is -2.26. The van der Waals surface area contributed by atoms with Crippen molar-refractivity contribution >= 4 is 5.82 Å². The quantitative estimate of drug-likeness (QED) is 0.890. The van der Waals surface area contributed by atoms with Crippen LogP contribution in [0.15, 0.2) is 30.6 Å². The zero-order valence-corrected chi connectivity index (χ0v) is 13.5. The summed E-state index contributed by atoms with van der Waals surface area (Å²) in [7, 11) is 0. The molecule has 134 valence electrons. The molecular formula is C16H17F3N4O2. The van der Waals surface area contributed by atoms with Gasteiger partial charge in [0.1, 0.15) is 5.82 Å². The first-order valence-electron chi connectivity index (χ1n) is 7.74. The number of aromatic nitrogens is 3. The lowest BCUT2D eigenvalue weighted by Crippen LogP contribution is -2.28. The van der Waals surface area contributed by atoms with Crippen LogP contribution in [0.4, 0.5) is 19.0 Å². The fourth-order valence-corrected chi connectivity index (χ4v) is 2.43. The van der Waals surface area contributed by atoms with Crippen LogP contribution < -0.4 is 5.32 Å². The summed E-state index contributed by atoms with van der Waals surface area (Å²) >= 11 is 0. The van der Waals surface area contributed by atoms with Crippen molar-refractivity contribution in [3.05, 3.63) is 36.3 Å². The van der Waals surface area contributed by atoms with E-state index in [2.05, 4.69) is 20.3 Å². The number of hydrogen-bond donors (Lipinski definition) is 1. The molecule has 0 atom stereocenters. The first-order chi connectivity index (χ1) is 11.9. The van der Waals surface area contributed by atoms with Crippen molar-refractivity contribution in [1.29, 1.82) is 0 Å². The molecule has 0 radical (unpaired) electrons. The van der Waals surface area contributed by atoms with Crippen molar-refractivity contribution in [2.45, 2.75) is 25.3 Å². The highest BCUT2D eigenvalue weighted by Gasteiger charge is 2.34. The van der Waals surface area contributed by atoms with Gasteiger partial charge in [0.15, 0.2) is 17.3 Å². The normalized spacial score (nSPS) is 16.8. The Morgan fingerprint density at radius 3 is 2.64 bits per heavy atom. The summed E-state index contributed by atoms with van der Waals surface area (Å²) in [4.78, 5) is 11.7. The van der Waals surface area contributed by atoms with E-state index in [4.69, 9.17) is 9.47 Å². The lowest BCUT2D eigenvalue weighted by molar-refractivity contribution is -0.144. The van der Waals surface area contributed by atoms with E-state index in [0.717, 1.165) is 6.07 Å². The highest BCUT2D eigenvalue weighted by atomic mass is 19.4.